The van der Waals surface area contributed by atoms with Crippen LogP contribution in [0.15, 0.2) is 18.2 Å². The van der Waals surface area contributed by atoms with Crippen LogP contribution in [0.3, 0.4) is 0 Å². The summed E-state index contributed by atoms with van der Waals surface area (Å²) in [5.74, 6) is 1.79. The van der Waals surface area contributed by atoms with E-state index in [-0.39, 0.29) is 0 Å². The Morgan fingerprint density at radius 2 is 1.93 bits per heavy atom. The zero-order valence-electron chi connectivity index (χ0n) is 8.87. The van der Waals surface area contributed by atoms with Gasteiger partial charge in [-0.3, -0.25) is 0 Å². The largest absolute Gasteiger partial charge is 0.493 e. The molecular formula is C13H16O2. The van der Waals surface area contributed by atoms with E-state index in [4.69, 9.17) is 9.47 Å². The Morgan fingerprint density at radius 3 is 2.80 bits per heavy atom. The molecule has 15 heavy (non-hydrogen) atoms. The maximum absolute atomic E-state index is 5.52. The quantitative estimate of drug-likeness (QED) is 0.699. The van der Waals surface area contributed by atoms with Crippen molar-refractivity contribution >= 4 is 0 Å². The molecule has 1 aromatic rings. The lowest BCUT2D eigenvalue weighted by Crippen LogP contribution is -2.14. The van der Waals surface area contributed by atoms with E-state index in [9.17, 15) is 0 Å². The van der Waals surface area contributed by atoms with Crippen LogP contribution in [0, 0.1) is 0 Å². The van der Waals surface area contributed by atoms with E-state index in [1.165, 1.54) is 24.0 Å². The van der Waals surface area contributed by atoms with Crippen molar-refractivity contribution < 1.29 is 9.47 Å². The van der Waals surface area contributed by atoms with E-state index in [1.54, 1.807) is 0 Å². The third-order valence-electron chi connectivity index (χ3n) is 3.41. The second-order valence-corrected chi connectivity index (χ2v) is 4.35. The van der Waals surface area contributed by atoms with Gasteiger partial charge in [0.1, 0.15) is 5.75 Å². The molecule has 1 saturated heterocycles. The summed E-state index contributed by atoms with van der Waals surface area (Å²) in [6.45, 7) is 2.68. The van der Waals surface area contributed by atoms with Gasteiger partial charge in [-0.05, 0) is 36.0 Å². The van der Waals surface area contributed by atoms with Crippen LogP contribution in [0.2, 0.25) is 0 Å². The van der Waals surface area contributed by atoms with E-state index in [0.717, 1.165) is 32.0 Å². The molecule has 2 heterocycles. The summed E-state index contributed by atoms with van der Waals surface area (Å²) in [6.07, 6.45) is 3.41. The maximum Gasteiger partial charge on any atom is 0.122 e. The van der Waals surface area contributed by atoms with E-state index in [0.29, 0.717) is 5.92 Å². The minimum Gasteiger partial charge on any atom is -0.493 e. The highest BCUT2D eigenvalue weighted by Gasteiger charge is 2.19. The van der Waals surface area contributed by atoms with Gasteiger partial charge in [-0.2, -0.15) is 0 Å². The topological polar surface area (TPSA) is 18.5 Å². The first-order valence-corrected chi connectivity index (χ1v) is 5.77. The molecule has 0 amide bonds. The third-order valence-corrected chi connectivity index (χ3v) is 3.41. The summed E-state index contributed by atoms with van der Waals surface area (Å²) in [5, 5.41) is 0. The lowest BCUT2D eigenvalue weighted by Gasteiger charge is -2.22. The minimum atomic E-state index is 0.699. The number of hydrogen-bond acceptors (Lipinski definition) is 2. The van der Waals surface area contributed by atoms with Crippen molar-refractivity contribution in [3.8, 4) is 5.75 Å². The number of ether oxygens (including phenoxy) is 2. The number of rotatable bonds is 1. The molecule has 3 rings (SSSR count). The summed E-state index contributed by atoms with van der Waals surface area (Å²) in [6, 6.07) is 6.69. The molecule has 1 aromatic carbocycles. The van der Waals surface area contributed by atoms with Gasteiger partial charge in [-0.1, -0.05) is 12.1 Å². The van der Waals surface area contributed by atoms with Crippen molar-refractivity contribution in [3.63, 3.8) is 0 Å². The molecular weight excluding hydrogens is 188 g/mol. The summed E-state index contributed by atoms with van der Waals surface area (Å²) in [7, 11) is 0. The Morgan fingerprint density at radius 1 is 1.07 bits per heavy atom. The molecule has 0 atom stereocenters. The molecule has 0 radical (unpaired) electrons. The lowest BCUT2D eigenvalue weighted by atomic mass is 9.90. The first kappa shape index (κ1) is 9.22. The van der Waals surface area contributed by atoms with Gasteiger partial charge in [0, 0.05) is 19.6 Å². The SMILES string of the molecule is c1cc2c(cc1C1CCOCC1)CCO2. The first-order valence-electron chi connectivity index (χ1n) is 5.77. The maximum atomic E-state index is 5.52. The molecule has 0 aromatic heterocycles. The fourth-order valence-corrected chi connectivity index (χ4v) is 2.49. The van der Waals surface area contributed by atoms with Crippen LogP contribution in [0.1, 0.15) is 29.9 Å². The Kier molecular flexibility index (Phi) is 2.37. The summed E-state index contributed by atoms with van der Waals surface area (Å²) in [5.41, 5.74) is 2.86. The summed E-state index contributed by atoms with van der Waals surface area (Å²) >= 11 is 0. The van der Waals surface area contributed by atoms with Crippen molar-refractivity contribution in [2.24, 2.45) is 0 Å². The highest BCUT2D eigenvalue weighted by Crippen LogP contribution is 2.32. The molecule has 0 spiro atoms. The van der Waals surface area contributed by atoms with E-state index in [1.807, 2.05) is 0 Å². The van der Waals surface area contributed by atoms with Gasteiger partial charge in [0.05, 0.1) is 6.61 Å². The molecule has 2 heteroatoms. The van der Waals surface area contributed by atoms with Crippen LogP contribution in [-0.4, -0.2) is 19.8 Å². The highest BCUT2D eigenvalue weighted by molar-refractivity contribution is 5.41. The number of fused-ring (bicyclic) bond motifs is 1. The zero-order valence-corrected chi connectivity index (χ0v) is 8.87. The average molecular weight is 204 g/mol. The van der Waals surface area contributed by atoms with Gasteiger partial charge < -0.3 is 9.47 Å². The van der Waals surface area contributed by atoms with Crippen LogP contribution in [0.5, 0.6) is 5.75 Å². The molecule has 1 fully saturated rings. The molecule has 2 nitrogen and oxygen atoms in total. The van der Waals surface area contributed by atoms with Gasteiger partial charge >= 0.3 is 0 Å². The molecule has 0 bridgehead atoms. The summed E-state index contributed by atoms with van der Waals surface area (Å²) < 4.78 is 10.9. The van der Waals surface area contributed by atoms with Crippen molar-refractivity contribution in [3.05, 3.63) is 29.3 Å². The van der Waals surface area contributed by atoms with E-state index in [2.05, 4.69) is 18.2 Å². The molecule has 0 N–H and O–H groups in total. The standard InChI is InChI=1S/C13H16O2/c1-2-13-12(5-8-15-13)9-11(1)10-3-6-14-7-4-10/h1-2,9-10H,3-8H2. The van der Waals surface area contributed by atoms with Crippen LogP contribution < -0.4 is 4.74 Å². The van der Waals surface area contributed by atoms with E-state index >= 15 is 0 Å². The van der Waals surface area contributed by atoms with Gasteiger partial charge in [-0.25, -0.2) is 0 Å². The number of benzene rings is 1. The second-order valence-electron chi connectivity index (χ2n) is 4.35. The average Bonchev–Trinajstić information content (AvgIpc) is 2.77. The van der Waals surface area contributed by atoms with Crippen LogP contribution in [-0.2, 0) is 11.2 Å². The lowest BCUT2D eigenvalue weighted by molar-refractivity contribution is 0.0853. The summed E-state index contributed by atoms with van der Waals surface area (Å²) in [4.78, 5) is 0. The predicted octanol–water partition coefficient (Wildman–Crippen LogP) is 2.52. The Labute approximate surface area is 90.2 Å². The van der Waals surface area contributed by atoms with Crippen LogP contribution in [0.4, 0.5) is 0 Å². The fraction of sp³-hybridized carbons (Fsp3) is 0.538. The highest BCUT2D eigenvalue weighted by atomic mass is 16.5. The second kappa shape index (κ2) is 3.86. The smallest absolute Gasteiger partial charge is 0.122 e. The monoisotopic (exact) mass is 204 g/mol. The molecule has 80 valence electrons. The normalized spacial score (nSPS) is 21.1. The molecule has 2 aliphatic heterocycles. The van der Waals surface area contributed by atoms with Crippen molar-refractivity contribution in [2.45, 2.75) is 25.2 Å². The molecule has 0 aliphatic carbocycles. The van der Waals surface area contributed by atoms with Crippen LogP contribution in [0.25, 0.3) is 0 Å². The Bertz CT molecular complexity index is 354. The Balaban J connectivity index is 1.85. The minimum absolute atomic E-state index is 0.699. The third kappa shape index (κ3) is 1.74. The Hall–Kier alpha value is -1.02. The molecule has 0 saturated carbocycles. The number of hydrogen-bond donors (Lipinski definition) is 0. The molecule has 0 unspecified atom stereocenters. The van der Waals surface area contributed by atoms with Gasteiger partial charge in [-0.15, -0.1) is 0 Å². The molecule has 2 aliphatic rings. The predicted molar refractivity (Wildman–Crippen MR) is 58.4 cm³/mol. The zero-order chi connectivity index (χ0) is 10.1. The van der Waals surface area contributed by atoms with E-state index < -0.39 is 0 Å². The van der Waals surface area contributed by atoms with Gasteiger partial charge in [0.15, 0.2) is 0 Å². The van der Waals surface area contributed by atoms with Crippen molar-refractivity contribution in [1.29, 1.82) is 0 Å². The first-order chi connectivity index (χ1) is 7.43. The van der Waals surface area contributed by atoms with Gasteiger partial charge in [0.2, 0.25) is 0 Å². The van der Waals surface area contributed by atoms with Crippen molar-refractivity contribution in [1.82, 2.24) is 0 Å². The fourth-order valence-electron chi connectivity index (χ4n) is 2.49. The van der Waals surface area contributed by atoms with Gasteiger partial charge in [0.25, 0.3) is 0 Å². The van der Waals surface area contributed by atoms with Crippen molar-refractivity contribution in [2.75, 3.05) is 19.8 Å². The van der Waals surface area contributed by atoms with Crippen LogP contribution >= 0.6 is 0 Å².